The molecule has 262 valence electrons. The molecule has 2 heterocycles. The van der Waals surface area contributed by atoms with Gasteiger partial charge in [-0.2, -0.15) is 0 Å². The Kier molecular flexibility index (Phi) is 11.6. The highest BCUT2D eigenvalue weighted by atomic mass is 16.5. The van der Waals surface area contributed by atoms with Gasteiger partial charge in [-0.05, 0) is 43.4 Å². The van der Waals surface area contributed by atoms with Crippen LogP contribution in [0.4, 0.5) is 5.82 Å². The number of ether oxygens (including phenoxy) is 1. The lowest BCUT2D eigenvalue weighted by Gasteiger charge is -2.42. The van der Waals surface area contributed by atoms with E-state index in [1.54, 1.807) is 24.6 Å². The van der Waals surface area contributed by atoms with Gasteiger partial charge in [0.2, 0.25) is 11.8 Å². The lowest BCUT2D eigenvalue weighted by Crippen LogP contribution is -2.56. The van der Waals surface area contributed by atoms with Gasteiger partial charge < -0.3 is 30.6 Å². The number of Topliss-reactive ketones (excluding diaryl/α,β-unsaturated/α-hetero) is 1. The van der Waals surface area contributed by atoms with Crippen LogP contribution in [0.2, 0.25) is 0 Å². The van der Waals surface area contributed by atoms with Gasteiger partial charge in [0.25, 0.3) is 5.91 Å². The van der Waals surface area contributed by atoms with Crippen LogP contribution in [0.15, 0.2) is 104 Å². The van der Waals surface area contributed by atoms with Gasteiger partial charge in [-0.15, -0.1) is 0 Å². The summed E-state index contributed by atoms with van der Waals surface area (Å²) >= 11 is 0. The Balaban J connectivity index is 1.33. The molecule has 3 amide bonds. The summed E-state index contributed by atoms with van der Waals surface area (Å²) in [6.07, 6.45) is 4.59. The summed E-state index contributed by atoms with van der Waals surface area (Å²) in [5.41, 5.74) is 6.81. The molecule has 11 nitrogen and oxygen atoms in total. The number of aromatic nitrogens is 2. The predicted molar refractivity (Wildman–Crippen MR) is 191 cm³/mol. The van der Waals surface area contributed by atoms with Crippen molar-refractivity contribution in [2.45, 2.75) is 69.7 Å². The molecule has 0 spiro atoms. The Morgan fingerprint density at radius 2 is 1.52 bits per heavy atom. The monoisotopic (exact) mass is 678 g/mol. The first-order chi connectivity index (χ1) is 24.0. The van der Waals surface area contributed by atoms with E-state index in [4.69, 9.17) is 10.5 Å². The molecule has 5 rings (SSSR count). The van der Waals surface area contributed by atoms with Gasteiger partial charge in [-0.3, -0.25) is 19.2 Å². The van der Waals surface area contributed by atoms with E-state index < -0.39 is 34.9 Å². The van der Waals surface area contributed by atoms with E-state index in [9.17, 15) is 19.2 Å². The molecular weight excluding hydrogens is 632 g/mol. The number of nitrogens with zero attached hydrogens (tertiary/aromatic N) is 3. The number of hydrogen-bond acceptors (Lipinski definition) is 7. The van der Waals surface area contributed by atoms with Crippen molar-refractivity contribution in [1.82, 2.24) is 19.8 Å². The molecule has 4 aromatic rings. The largest absolute Gasteiger partial charge is 0.374 e. The average molecular weight is 679 g/mol. The quantitative estimate of drug-likeness (QED) is 0.179. The highest BCUT2D eigenvalue weighted by Crippen LogP contribution is 2.38. The number of nitrogens with one attached hydrogen (secondary N) is 2. The maximum Gasteiger partial charge on any atom is 0.250 e. The van der Waals surface area contributed by atoms with Gasteiger partial charge >= 0.3 is 0 Å². The number of amides is 3. The molecule has 1 aliphatic heterocycles. The molecule has 1 saturated heterocycles. The number of anilines is 1. The number of piperidine rings is 1. The van der Waals surface area contributed by atoms with E-state index in [2.05, 4.69) is 15.6 Å². The van der Waals surface area contributed by atoms with Crippen LogP contribution in [-0.2, 0) is 35.9 Å². The van der Waals surface area contributed by atoms with E-state index in [1.165, 1.54) is 6.33 Å². The van der Waals surface area contributed by atoms with Crippen LogP contribution in [0.1, 0.15) is 62.8 Å². The second-order valence-corrected chi connectivity index (χ2v) is 13.3. The molecule has 0 aliphatic carbocycles. The van der Waals surface area contributed by atoms with E-state index in [0.717, 1.165) is 16.7 Å². The van der Waals surface area contributed by atoms with E-state index in [1.807, 2.05) is 103 Å². The number of carbonyl (C=O) groups is 4. The minimum absolute atomic E-state index is 0.103. The van der Waals surface area contributed by atoms with Crippen LogP contribution in [0, 0.1) is 0 Å². The summed E-state index contributed by atoms with van der Waals surface area (Å²) in [5.74, 6) is -0.813. The number of likely N-dealkylation sites (tertiary alicyclic amines) is 1. The molecule has 4 N–H and O–H groups in total. The fourth-order valence-corrected chi connectivity index (χ4v) is 6.34. The molecular formula is C39H46N6O5. The second kappa shape index (κ2) is 16.1. The summed E-state index contributed by atoms with van der Waals surface area (Å²) in [7, 11) is 0. The summed E-state index contributed by atoms with van der Waals surface area (Å²) in [5, 5.41) is 5.46. The van der Waals surface area contributed by atoms with Gasteiger partial charge in [0, 0.05) is 25.7 Å². The summed E-state index contributed by atoms with van der Waals surface area (Å²) in [4.78, 5) is 60.1. The topological polar surface area (TPSA) is 149 Å². The molecule has 2 atom stereocenters. The first-order valence-corrected chi connectivity index (χ1v) is 17.0. The standard InChI is InChI=1S/C39H46N6O5/c1-4-32(46)39(30-18-12-7-13-19-30)20-22-44(23-21-39)36(48)34(29-16-10-6-11-17-29)45-24-33(41-27-45)43-35(47)31(42-37(49)38(2,3)40)26-50-25-28-14-8-5-9-15-28/h5-19,24,27,31,34H,4,20-23,25-26,40H2,1-3H3,(H,42,49)(H,43,47)/t31-,34?/m1/s1. The Hall–Kier alpha value is -5.13. The van der Waals surface area contributed by atoms with Crippen LogP contribution in [0.25, 0.3) is 0 Å². The van der Waals surface area contributed by atoms with Gasteiger partial charge in [-0.1, -0.05) is 97.9 Å². The molecule has 0 radical (unpaired) electrons. The molecule has 1 fully saturated rings. The third-order valence-corrected chi connectivity index (χ3v) is 9.21. The highest BCUT2D eigenvalue weighted by Gasteiger charge is 2.43. The molecule has 1 aromatic heterocycles. The normalized spacial score (nSPS) is 15.5. The molecule has 0 saturated carbocycles. The Bertz CT molecular complexity index is 1750. The maximum absolute atomic E-state index is 14.3. The SMILES string of the molecule is CCC(=O)C1(c2ccccc2)CCN(C(=O)C(c2ccccc2)n2cnc(NC(=O)[C@@H](COCc3ccccc3)NC(=O)C(C)(C)N)c2)CC1. The molecule has 1 unspecified atom stereocenters. The molecule has 0 bridgehead atoms. The highest BCUT2D eigenvalue weighted by molar-refractivity contribution is 5.98. The van der Waals surface area contributed by atoms with Gasteiger partial charge in [0.1, 0.15) is 17.9 Å². The third-order valence-electron chi connectivity index (χ3n) is 9.21. The van der Waals surface area contributed by atoms with Gasteiger partial charge in [0.15, 0.2) is 5.82 Å². The van der Waals surface area contributed by atoms with Crippen LogP contribution >= 0.6 is 0 Å². The van der Waals surface area contributed by atoms with E-state index >= 15 is 0 Å². The van der Waals surface area contributed by atoms with Crippen LogP contribution in [-0.4, -0.2) is 69.2 Å². The van der Waals surface area contributed by atoms with Crippen molar-refractivity contribution in [3.63, 3.8) is 0 Å². The van der Waals surface area contributed by atoms with Crippen molar-refractivity contribution in [2.24, 2.45) is 5.73 Å². The summed E-state index contributed by atoms with van der Waals surface area (Å²) in [6.45, 7) is 5.97. The average Bonchev–Trinajstić information content (AvgIpc) is 3.59. The Labute approximate surface area is 293 Å². The van der Waals surface area contributed by atoms with Crippen LogP contribution < -0.4 is 16.4 Å². The fourth-order valence-electron chi connectivity index (χ4n) is 6.34. The number of benzene rings is 3. The number of imidazole rings is 1. The Morgan fingerprint density at radius 1 is 0.920 bits per heavy atom. The van der Waals surface area contributed by atoms with Crippen molar-refractivity contribution in [2.75, 3.05) is 25.0 Å². The molecule has 11 heteroatoms. The maximum atomic E-state index is 14.3. The van der Waals surface area contributed by atoms with Crippen molar-refractivity contribution >= 4 is 29.3 Å². The van der Waals surface area contributed by atoms with Gasteiger partial charge in [-0.25, -0.2) is 4.98 Å². The summed E-state index contributed by atoms with van der Waals surface area (Å²) < 4.78 is 7.48. The smallest absolute Gasteiger partial charge is 0.250 e. The van der Waals surface area contributed by atoms with Gasteiger partial charge in [0.05, 0.1) is 30.5 Å². The minimum atomic E-state index is -1.22. The van der Waals surface area contributed by atoms with Crippen molar-refractivity contribution in [1.29, 1.82) is 0 Å². The zero-order valence-electron chi connectivity index (χ0n) is 28.9. The fraction of sp³-hybridized carbons (Fsp3) is 0.359. The number of rotatable bonds is 14. The Morgan fingerprint density at radius 3 is 2.12 bits per heavy atom. The lowest BCUT2D eigenvalue weighted by molar-refractivity contribution is -0.138. The number of ketones is 1. The van der Waals surface area contributed by atoms with E-state index in [-0.39, 0.29) is 30.7 Å². The first-order valence-electron chi connectivity index (χ1n) is 17.0. The zero-order valence-corrected chi connectivity index (χ0v) is 28.9. The van der Waals surface area contributed by atoms with Crippen molar-refractivity contribution < 1.29 is 23.9 Å². The van der Waals surface area contributed by atoms with Crippen molar-refractivity contribution in [3.05, 3.63) is 120 Å². The minimum Gasteiger partial charge on any atom is -0.374 e. The second-order valence-electron chi connectivity index (χ2n) is 13.3. The van der Waals surface area contributed by atoms with Crippen LogP contribution in [0.3, 0.4) is 0 Å². The third kappa shape index (κ3) is 8.53. The first kappa shape index (κ1) is 36.2. The van der Waals surface area contributed by atoms with E-state index in [0.29, 0.717) is 32.4 Å². The zero-order chi connectivity index (χ0) is 35.7. The molecule has 50 heavy (non-hydrogen) atoms. The predicted octanol–water partition coefficient (Wildman–Crippen LogP) is 4.39. The summed E-state index contributed by atoms with van der Waals surface area (Å²) in [6, 6.07) is 26.9. The lowest BCUT2D eigenvalue weighted by atomic mass is 9.69. The number of carbonyl (C=O) groups excluding carboxylic acids is 4. The number of nitrogens with two attached hydrogens (primary N) is 1. The van der Waals surface area contributed by atoms with Crippen molar-refractivity contribution in [3.8, 4) is 0 Å². The number of hydrogen-bond donors (Lipinski definition) is 3. The molecule has 3 aromatic carbocycles. The van der Waals surface area contributed by atoms with Crippen LogP contribution in [0.5, 0.6) is 0 Å². The molecule has 1 aliphatic rings.